The highest BCUT2D eigenvalue weighted by molar-refractivity contribution is 9.14. The average molecular weight is 485 g/mol. The maximum Gasteiger partial charge on any atom is 0.237 e. The Hall–Kier alpha value is -0.110. The first-order valence-corrected chi connectivity index (χ1v) is 9.14. The van der Waals surface area contributed by atoms with Crippen molar-refractivity contribution in [2.45, 2.75) is 25.3 Å². The Labute approximate surface area is 149 Å². The number of ether oxygens (including phenoxy) is 1. The van der Waals surface area contributed by atoms with Crippen LogP contribution in [0.15, 0.2) is 19.5 Å². The van der Waals surface area contributed by atoms with E-state index in [0.717, 1.165) is 50.5 Å². The number of hydrogen-bond acceptors (Lipinski definition) is 3. The molecule has 0 saturated carbocycles. The Morgan fingerprint density at radius 1 is 1.38 bits per heavy atom. The molecule has 0 bridgehead atoms. The predicted octanol–water partition coefficient (Wildman–Crippen LogP) is 3.39. The van der Waals surface area contributed by atoms with Crippen molar-refractivity contribution in [2.75, 3.05) is 20.2 Å². The zero-order valence-corrected chi connectivity index (χ0v) is 16.4. The summed E-state index contributed by atoms with van der Waals surface area (Å²) in [5.41, 5.74) is 1.08. The van der Waals surface area contributed by atoms with E-state index in [1.807, 2.05) is 6.07 Å². The highest BCUT2D eigenvalue weighted by atomic mass is 79.9. The van der Waals surface area contributed by atoms with E-state index in [0.29, 0.717) is 6.54 Å². The average Bonchev–Trinajstić information content (AvgIpc) is 3.01. The minimum Gasteiger partial charge on any atom is -0.496 e. The summed E-state index contributed by atoms with van der Waals surface area (Å²) < 4.78 is 8.10. The molecule has 7 heteroatoms. The Balaban J connectivity index is 1.96. The lowest BCUT2D eigenvalue weighted by Crippen LogP contribution is -2.41. The van der Waals surface area contributed by atoms with E-state index in [1.54, 1.807) is 7.11 Å². The summed E-state index contributed by atoms with van der Waals surface area (Å²) in [5, 5.41) is 6.18. The van der Waals surface area contributed by atoms with Crippen molar-refractivity contribution in [2.24, 2.45) is 0 Å². The molecule has 2 N–H and O–H groups in total. The smallest absolute Gasteiger partial charge is 0.237 e. The normalized spacial score (nSPS) is 17.8. The summed E-state index contributed by atoms with van der Waals surface area (Å²) in [6.45, 7) is 1.54. The first-order chi connectivity index (χ1) is 10.0. The summed E-state index contributed by atoms with van der Waals surface area (Å²) in [6.07, 6.45) is 2.73. The fraction of sp³-hybridized carbons (Fsp3) is 0.500. The van der Waals surface area contributed by atoms with E-state index in [2.05, 4.69) is 58.4 Å². The van der Waals surface area contributed by atoms with Gasteiger partial charge in [0.2, 0.25) is 5.91 Å². The van der Waals surface area contributed by atoms with Crippen molar-refractivity contribution in [1.82, 2.24) is 10.6 Å². The molecule has 1 heterocycles. The van der Waals surface area contributed by atoms with Gasteiger partial charge >= 0.3 is 0 Å². The number of amides is 1. The maximum absolute atomic E-state index is 11.9. The lowest BCUT2D eigenvalue weighted by molar-refractivity contribution is -0.122. The number of methoxy groups -OCH3 is 1. The fourth-order valence-corrected chi connectivity index (χ4v) is 4.01. The molecule has 0 aromatic heterocycles. The molecular formula is C14H17Br3N2O2. The quantitative estimate of drug-likeness (QED) is 0.630. The van der Waals surface area contributed by atoms with E-state index >= 15 is 0 Å². The largest absolute Gasteiger partial charge is 0.496 e. The molecule has 1 amide bonds. The summed E-state index contributed by atoms with van der Waals surface area (Å²) in [5.74, 6) is 0.857. The van der Waals surface area contributed by atoms with Gasteiger partial charge in [-0.1, -0.05) is 0 Å². The fourth-order valence-electron chi connectivity index (χ4n) is 2.31. The van der Waals surface area contributed by atoms with Gasteiger partial charge in [-0.2, -0.15) is 0 Å². The molecule has 1 saturated heterocycles. The van der Waals surface area contributed by atoms with Crippen LogP contribution in [-0.4, -0.2) is 32.1 Å². The lowest BCUT2D eigenvalue weighted by atomic mass is 10.1. The molecule has 1 aliphatic rings. The van der Waals surface area contributed by atoms with Crippen LogP contribution in [-0.2, 0) is 11.2 Å². The first kappa shape index (κ1) is 17.2. The van der Waals surface area contributed by atoms with Crippen molar-refractivity contribution in [3.63, 3.8) is 0 Å². The van der Waals surface area contributed by atoms with E-state index < -0.39 is 0 Å². The second-order valence-electron chi connectivity index (χ2n) is 4.87. The van der Waals surface area contributed by atoms with Gasteiger partial charge in [-0.25, -0.2) is 0 Å². The van der Waals surface area contributed by atoms with E-state index in [1.165, 1.54) is 0 Å². The standard InChI is InChI=1S/C14H17Br3N2O2/c1-21-10-7-8(11(15)13(17)12(10)16)4-6-19-14(20)9-3-2-5-18-9/h7,9,18H,2-6H2,1H3,(H,19,20)/t9-/m1/s1. The summed E-state index contributed by atoms with van der Waals surface area (Å²) in [4.78, 5) is 11.9. The molecule has 0 aliphatic carbocycles. The molecule has 0 radical (unpaired) electrons. The van der Waals surface area contributed by atoms with Crippen LogP contribution in [0.3, 0.4) is 0 Å². The number of rotatable bonds is 5. The third-order valence-corrected chi connectivity index (χ3v) is 7.03. The van der Waals surface area contributed by atoms with Gasteiger partial charge in [0.05, 0.1) is 17.6 Å². The molecular weight excluding hydrogens is 468 g/mol. The van der Waals surface area contributed by atoms with Gasteiger partial charge in [-0.05, 0) is 85.2 Å². The van der Waals surface area contributed by atoms with Crippen LogP contribution in [0, 0.1) is 0 Å². The van der Waals surface area contributed by atoms with Crippen molar-refractivity contribution in [3.8, 4) is 5.75 Å². The lowest BCUT2D eigenvalue weighted by Gasteiger charge is -2.14. The number of nitrogens with one attached hydrogen (secondary N) is 2. The SMILES string of the molecule is COc1cc(CCNC(=O)[C@H]2CCCN2)c(Br)c(Br)c1Br. The van der Waals surface area contributed by atoms with Gasteiger partial charge in [0.1, 0.15) is 5.75 Å². The van der Waals surface area contributed by atoms with Gasteiger partial charge < -0.3 is 15.4 Å². The van der Waals surface area contributed by atoms with Crippen molar-refractivity contribution in [3.05, 3.63) is 25.0 Å². The van der Waals surface area contributed by atoms with Gasteiger partial charge in [-0.3, -0.25) is 4.79 Å². The van der Waals surface area contributed by atoms with Crippen LogP contribution in [0.5, 0.6) is 5.75 Å². The molecule has 1 aromatic carbocycles. The zero-order valence-electron chi connectivity index (χ0n) is 11.6. The van der Waals surface area contributed by atoms with Crippen molar-refractivity contribution < 1.29 is 9.53 Å². The zero-order chi connectivity index (χ0) is 15.4. The molecule has 0 spiro atoms. The van der Waals surface area contributed by atoms with Crippen LogP contribution in [0.4, 0.5) is 0 Å². The second kappa shape index (κ2) is 7.94. The Morgan fingerprint density at radius 3 is 2.76 bits per heavy atom. The van der Waals surface area contributed by atoms with Gasteiger partial charge in [-0.15, -0.1) is 0 Å². The van der Waals surface area contributed by atoms with Gasteiger partial charge in [0.15, 0.2) is 0 Å². The molecule has 1 aromatic rings. The molecule has 0 unspecified atom stereocenters. The van der Waals surface area contributed by atoms with Crippen LogP contribution in [0.2, 0.25) is 0 Å². The van der Waals surface area contributed by atoms with E-state index in [9.17, 15) is 4.79 Å². The molecule has 1 atom stereocenters. The third-order valence-electron chi connectivity index (χ3n) is 3.48. The third kappa shape index (κ3) is 4.21. The van der Waals surface area contributed by atoms with Crippen LogP contribution in [0.1, 0.15) is 18.4 Å². The van der Waals surface area contributed by atoms with E-state index in [4.69, 9.17) is 4.74 Å². The Bertz CT molecular complexity index is 531. The maximum atomic E-state index is 11.9. The summed E-state index contributed by atoms with van der Waals surface area (Å²) >= 11 is 10.6. The second-order valence-corrected chi connectivity index (χ2v) is 7.25. The highest BCUT2D eigenvalue weighted by Crippen LogP contribution is 2.40. The predicted molar refractivity (Wildman–Crippen MR) is 93.8 cm³/mol. The van der Waals surface area contributed by atoms with Crippen molar-refractivity contribution >= 4 is 53.7 Å². The van der Waals surface area contributed by atoms with Gasteiger partial charge in [0, 0.05) is 15.5 Å². The minimum absolute atomic E-state index is 0.0281. The minimum atomic E-state index is -0.0281. The topological polar surface area (TPSA) is 50.4 Å². The molecule has 116 valence electrons. The Kier molecular flexibility index (Phi) is 6.52. The molecule has 1 aliphatic heterocycles. The molecule has 21 heavy (non-hydrogen) atoms. The van der Waals surface area contributed by atoms with Crippen LogP contribution in [0.25, 0.3) is 0 Å². The number of carbonyl (C=O) groups excluding carboxylic acids is 1. The number of hydrogen-bond donors (Lipinski definition) is 2. The summed E-state index contributed by atoms with van der Waals surface area (Å²) in [6, 6.07) is 1.94. The van der Waals surface area contributed by atoms with Crippen molar-refractivity contribution in [1.29, 1.82) is 0 Å². The monoisotopic (exact) mass is 482 g/mol. The van der Waals surface area contributed by atoms with Gasteiger partial charge in [0.25, 0.3) is 0 Å². The Morgan fingerprint density at radius 2 is 2.14 bits per heavy atom. The van der Waals surface area contributed by atoms with E-state index in [-0.39, 0.29) is 11.9 Å². The molecule has 4 nitrogen and oxygen atoms in total. The number of halogens is 3. The first-order valence-electron chi connectivity index (χ1n) is 6.76. The van der Waals surface area contributed by atoms with Crippen LogP contribution >= 0.6 is 47.8 Å². The van der Waals surface area contributed by atoms with Crippen LogP contribution < -0.4 is 15.4 Å². The molecule has 1 fully saturated rings. The molecule has 2 rings (SSSR count). The number of carbonyl (C=O) groups is 1. The number of benzene rings is 1. The highest BCUT2D eigenvalue weighted by Gasteiger charge is 2.21. The summed E-state index contributed by atoms with van der Waals surface area (Å²) in [7, 11) is 1.64.